The Balaban J connectivity index is 1.93. The van der Waals surface area contributed by atoms with E-state index in [0.29, 0.717) is 5.69 Å². The van der Waals surface area contributed by atoms with Crippen LogP contribution in [-0.2, 0) is 9.59 Å². The molecule has 1 aliphatic heterocycles. The lowest BCUT2D eigenvalue weighted by atomic mass is 10.1. The fourth-order valence-electron chi connectivity index (χ4n) is 2.58. The fraction of sp³-hybridized carbons (Fsp3) is 0.158. The molecule has 0 spiro atoms. The lowest BCUT2D eigenvalue weighted by Gasteiger charge is -2.15. The average Bonchev–Trinajstić information content (AvgIpc) is 2.74. The summed E-state index contributed by atoms with van der Waals surface area (Å²) < 4.78 is 0. The molecule has 0 radical (unpaired) electrons. The fourth-order valence-corrected chi connectivity index (χ4v) is 2.79. The summed E-state index contributed by atoms with van der Waals surface area (Å²) in [6, 6.07) is 12.9. The van der Waals surface area contributed by atoms with Crippen molar-refractivity contribution in [1.82, 2.24) is 0 Å². The van der Waals surface area contributed by atoms with Crippen LogP contribution >= 0.6 is 11.6 Å². The molecule has 2 aromatic rings. The van der Waals surface area contributed by atoms with Gasteiger partial charge in [0.15, 0.2) is 0 Å². The molecular formula is C19H17ClN2O2. The molecule has 24 heavy (non-hydrogen) atoms. The van der Waals surface area contributed by atoms with Gasteiger partial charge in [-0.1, -0.05) is 29.8 Å². The average molecular weight is 341 g/mol. The number of nitrogens with one attached hydrogen (secondary N) is 1. The van der Waals surface area contributed by atoms with Crippen LogP contribution in [0.2, 0.25) is 0 Å². The normalized spacial score (nSPS) is 14.6. The Bertz CT molecular complexity index is 887. The second-order valence-electron chi connectivity index (χ2n) is 5.90. The second kappa shape index (κ2) is 6.13. The molecule has 0 aliphatic carbocycles. The number of carbonyl (C=O) groups excluding carboxylic acids is 2. The number of carbonyl (C=O) groups is 2. The molecule has 0 bridgehead atoms. The SMILES string of the molecule is Cc1cccc(N2C(=O)C(Cl)=C(Nc3ccc(C)c(C)c3)C2=O)c1. The van der Waals surface area contributed by atoms with Gasteiger partial charge in [-0.15, -0.1) is 0 Å². The molecule has 0 saturated heterocycles. The van der Waals surface area contributed by atoms with E-state index in [-0.39, 0.29) is 10.7 Å². The Morgan fingerprint density at radius 3 is 2.33 bits per heavy atom. The summed E-state index contributed by atoms with van der Waals surface area (Å²) in [5, 5.41) is 2.89. The third-order valence-corrected chi connectivity index (χ3v) is 4.41. The number of aryl methyl sites for hydroxylation is 3. The third-order valence-electron chi connectivity index (χ3n) is 4.06. The summed E-state index contributed by atoms with van der Waals surface area (Å²) in [5.41, 5.74) is 4.53. The van der Waals surface area contributed by atoms with Crippen LogP contribution in [0.3, 0.4) is 0 Å². The first-order valence-electron chi connectivity index (χ1n) is 7.58. The maximum Gasteiger partial charge on any atom is 0.283 e. The van der Waals surface area contributed by atoms with Crippen molar-refractivity contribution in [2.75, 3.05) is 10.2 Å². The van der Waals surface area contributed by atoms with Gasteiger partial charge in [0.05, 0.1) is 5.69 Å². The van der Waals surface area contributed by atoms with Crippen LogP contribution in [0.25, 0.3) is 0 Å². The van der Waals surface area contributed by atoms with Gasteiger partial charge in [0.2, 0.25) is 0 Å². The van der Waals surface area contributed by atoms with Gasteiger partial charge in [0.1, 0.15) is 10.7 Å². The molecule has 1 N–H and O–H groups in total. The Labute approximate surface area is 145 Å². The number of imide groups is 1. The zero-order valence-electron chi connectivity index (χ0n) is 13.7. The van der Waals surface area contributed by atoms with E-state index in [9.17, 15) is 9.59 Å². The number of amides is 2. The molecule has 0 atom stereocenters. The van der Waals surface area contributed by atoms with Crippen molar-refractivity contribution in [2.24, 2.45) is 0 Å². The van der Waals surface area contributed by atoms with Crippen LogP contribution in [0.5, 0.6) is 0 Å². The Morgan fingerprint density at radius 2 is 1.67 bits per heavy atom. The van der Waals surface area contributed by atoms with Crippen molar-refractivity contribution < 1.29 is 9.59 Å². The molecule has 0 fully saturated rings. The van der Waals surface area contributed by atoms with Crippen molar-refractivity contribution in [3.05, 3.63) is 69.9 Å². The van der Waals surface area contributed by atoms with E-state index in [0.717, 1.165) is 27.3 Å². The Morgan fingerprint density at radius 1 is 0.917 bits per heavy atom. The summed E-state index contributed by atoms with van der Waals surface area (Å²) in [6.07, 6.45) is 0. The zero-order chi connectivity index (χ0) is 17.4. The standard InChI is InChI=1S/C19H17ClN2O2/c1-11-5-4-6-15(9-11)22-18(23)16(20)17(19(22)24)21-14-8-7-12(2)13(3)10-14/h4-10,21H,1-3H3. The molecule has 0 unspecified atom stereocenters. The van der Waals surface area contributed by atoms with Crippen molar-refractivity contribution in [3.63, 3.8) is 0 Å². The summed E-state index contributed by atoms with van der Waals surface area (Å²) in [4.78, 5) is 26.2. The van der Waals surface area contributed by atoms with Crippen LogP contribution in [0.1, 0.15) is 16.7 Å². The van der Waals surface area contributed by atoms with Gasteiger partial charge in [0.25, 0.3) is 11.8 Å². The molecule has 0 saturated carbocycles. The highest BCUT2D eigenvalue weighted by Crippen LogP contribution is 2.30. The van der Waals surface area contributed by atoms with E-state index in [2.05, 4.69) is 5.32 Å². The highest BCUT2D eigenvalue weighted by molar-refractivity contribution is 6.53. The largest absolute Gasteiger partial charge is 0.350 e. The van der Waals surface area contributed by atoms with Crippen molar-refractivity contribution in [2.45, 2.75) is 20.8 Å². The van der Waals surface area contributed by atoms with E-state index in [1.807, 2.05) is 45.0 Å². The second-order valence-corrected chi connectivity index (χ2v) is 6.28. The first-order chi connectivity index (χ1) is 11.4. The first-order valence-corrected chi connectivity index (χ1v) is 7.96. The maximum absolute atomic E-state index is 12.7. The van der Waals surface area contributed by atoms with E-state index in [4.69, 9.17) is 11.6 Å². The highest BCUT2D eigenvalue weighted by atomic mass is 35.5. The van der Waals surface area contributed by atoms with Gasteiger partial charge in [0, 0.05) is 5.69 Å². The molecule has 3 rings (SSSR count). The third kappa shape index (κ3) is 2.81. The summed E-state index contributed by atoms with van der Waals surface area (Å²) in [7, 11) is 0. The molecule has 1 heterocycles. The summed E-state index contributed by atoms with van der Waals surface area (Å²) in [6.45, 7) is 5.89. The van der Waals surface area contributed by atoms with Gasteiger partial charge in [-0.2, -0.15) is 0 Å². The quantitative estimate of drug-likeness (QED) is 0.858. The van der Waals surface area contributed by atoms with E-state index in [1.54, 1.807) is 18.2 Å². The highest BCUT2D eigenvalue weighted by Gasteiger charge is 2.38. The van der Waals surface area contributed by atoms with Gasteiger partial charge in [-0.3, -0.25) is 9.59 Å². The minimum absolute atomic E-state index is 0.0975. The van der Waals surface area contributed by atoms with Gasteiger partial charge in [-0.25, -0.2) is 4.90 Å². The molecule has 122 valence electrons. The lowest BCUT2D eigenvalue weighted by Crippen LogP contribution is -2.32. The van der Waals surface area contributed by atoms with Crippen LogP contribution in [-0.4, -0.2) is 11.8 Å². The number of hydrogen-bond donors (Lipinski definition) is 1. The van der Waals surface area contributed by atoms with Crippen LogP contribution in [0.15, 0.2) is 53.2 Å². The van der Waals surface area contributed by atoms with Crippen LogP contribution < -0.4 is 10.2 Å². The van der Waals surface area contributed by atoms with Gasteiger partial charge >= 0.3 is 0 Å². The topological polar surface area (TPSA) is 49.4 Å². The van der Waals surface area contributed by atoms with E-state index in [1.165, 1.54) is 0 Å². The Hall–Kier alpha value is -2.59. The monoisotopic (exact) mass is 340 g/mol. The predicted molar refractivity (Wildman–Crippen MR) is 96.1 cm³/mol. The molecule has 2 aromatic carbocycles. The van der Waals surface area contributed by atoms with Gasteiger partial charge in [-0.05, 0) is 61.7 Å². The predicted octanol–water partition coefficient (Wildman–Crippen LogP) is 4.05. The molecule has 4 nitrogen and oxygen atoms in total. The van der Waals surface area contributed by atoms with Crippen molar-refractivity contribution >= 4 is 34.8 Å². The number of hydrogen-bond acceptors (Lipinski definition) is 3. The molecule has 0 aromatic heterocycles. The number of rotatable bonds is 3. The number of benzene rings is 2. The lowest BCUT2D eigenvalue weighted by molar-refractivity contribution is -0.120. The van der Waals surface area contributed by atoms with Gasteiger partial charge < -0.3 is 5.32 Å². The number of anilines is 2. The first kappa shape index (κ1) is 16.3. The van der Waals surface area contributed by atoms with Crippen LogP contribution in [0.4, 0.5) is 11.4 Å². The summed E-state index contributed by atoms with van der Waals surface area (Å²) in [5.74, 6) is -0.965. The maximum atomic E-state index is 12.7. The number of halogens is 1. The summed E-state index contributed by atoms with van der Waals surface area (Å²) >= 11 is 6.13. The smallest absolute Gasteiger partial charge is 0.283 e. The Kier molecular flexibility index (Phi) is 4.16. The van der Waals surface area contributed by atoms with E-state index < -0.39 is 11.8 Å². The van der Waals surface area contributed by atoms with Crippen molar-refractivity contribution in [1.29, 1.82) is 0 Å². The minimum Gasteiger partial charge on any atom is -0.350 e. The minimum atomic E-state index is -0.515. The molecular weight excluding hydrogens is 324 g/mol. The molecule has 5 heteroatoms. The van der Waals surface area contributed by atoms with Crippen LogP contribution in [0, 0.1) is 20.8 Å². The number of nitrogens with zero attached hydrogens (tertiary/aromatic N) is 1. The molecule has 2 amide bonds. The van der Waals surface area contributed by atoms with E-state index >= 15 is 0 Å². The zero-order valence-corrected chi connectivity index (χ0v) is 14.4. The molecule has 1 aliphatic rings. The van der Waals surface area contributed by atoms with Crippen molar-refractivity contribution in [3.8, 4) is 0 Å².